The summed E-state index contributed by atoms with van der Waals surface area (Å²) < 4.78 is 0. The van der Waals surface area contributed by atoms with Gasteiger partial charge in [0.25, 0.3) is 0 Å². The Morgan fingerprint density at radius 1 is 1.10 bits per heavy atom. The number of nitrogens with one attached hydrogen (secondary N) is 2. The maximum Gasteiger partial charge on any atom is 0.135 e. The van der Waals surface area contributed by atoms with E-state index in [1.807, 2.05) is 7.05 Å². The Morgan fingerprint density at radius 3 is 2.35 bits per heavy atom. The van der Waals surface area contributed by atoms with Crippen molar-refractivity contribution in [2.75, 3.05) is 17.7 Å². The summed E-state index contributed by atoms with van der Waals surface area (Å²) in [5, 5.41) is 6.90. The topological polar surface area (TPSA) is 49.8 Å². The monoisotopic (exact) mass is 276 g/mol. The van der Waals surface area contributed by atoms with Crippen molar-refractivity contribution in [3.05, 3.63) is 11.4 Å². The minimum atomic E-state index is 0.186. The van der Waals surface area contributed by atoms with Gasteiger partial charge in [0.2, 0.25) is 0 Å². The fourth-order valence-electron chi connectivity index (χ4n) is 3.01. The van der Waals surface area contributed by atoms with Crippen molar-refractivity contribution in [1.82, 2.24) is 9.97 Å². The SMILES string of the molecule is CCCc1nc(NC)c(C)c(NC2(C)CCCCC2)n1. The highest BCUT2D eigenvalue weighted by Gasteiger charge is 2.28. The Labute approximate surface area is 122 Å². The minimum absolute atomic E-state index is 0.186. The summed E-state index contributed by atoms with van der Waals surface area (Å²) in [6, 6.07) is 0. The Balaban J connectivity index is 2.26. The van der Waals surface area contributed by atoms with Gasteiger partial charge in [0.1, 0.15) is 17.5 Å². The van der Waals surface area contributed by atoms with Crippen molar-refractivity contribution in [3.63, 3.8) is 0 Å². The highest BCUT2D eigenvalue weighted by molar-refractivity contribution is 5.58. The molecule has 0 radical (unpaired) electrons. The maximum absolute atomic E-state index is 4.75. The Kier molecular flexibility index (Phi) is 4.84. The zero-order chi connectivity index (χ0) is 14.6. The van der Waals surface area contributed by atoms with E-state index in [9.17, 15) is 0 Å². The van der Waals surface area contributed by atoms with Gasteiger partial charge in [-0.05, 0) is 33.1 Å². The molecule has 1 aliphatic rings. The van der Waals surface area contributed by atoms with Crippen LogP contribution in [-0.2, 0) is 6.42 Å². The number of hydrogen-bond acceptors (Lipinski definition) is 4. The lowest BCUT2D eigenvalue weighted by atomic mass is 9.83. The molecule has 4 nitrogen and oxygen atoms in total. The summed E-state index contributed by atoms with van der Waals surface area (Å²) in [5.41, 5.74) is 1.31. The first-order chi connectivity index (χ1) is 9.58. The van der Waals surface area contributed by atoms with Crippen LogP contribution in [0.5, 0.6) is 0 Å². The van der Waals surface area contributed by atoms with E-state index in [1.165, 1.54) is 32.1 Å². The van der Waals surface area contributed by atoms with E-state index in [0.717, 1.165) is 35.9 Å². The number of aryl methyl sites for hydroxylation is 1. The molecule has 0 saturated heterocycles. The summed E-state index contributed by atoms with van der Waals surface area (Å²) in [5.74, 6) is 2.90. The molecule has 20 heavy (non-hydrogen) atoms. The first-order valence-corrected chi connectivity index (χ1v) is 7.91. The third-order valence-electron chi connectivity index (χ3n) is 4.28. The third-order valence-corrected chi connectivity index (χ3v) is 4.28. The van der Waals surface area contributed by atoms with Gasteiger partial charge in [-0.3, -0.25) is 0 Å². The number of hydrogen-bond donors (Lipinski definition) is 2. The van der Waals surface area contributed by atoms with Crippen LogP contribution in [0.4, 0.5) is 11.6 Å². The fourth-order valence-corrected chi connectivity index (χ4v) is 3.01. The molecular formula is C16H28N4. The van der Waals surface area contributed by atoms with Crippen molar-refractivity contribution in [2.24, 2.45) is 0 Å². The summed E-state index contributed by atoms with van der Waals surface area (Å²) >= 11 is 0. The lowest BCUT2D eigenvalue weighted by Crippen LogP contribution is -2.37. The standard InChI is InChI=1S/C16H28N4/c1-5-9-13-18-14(17-4)12(2)15(19-13)20-16(3)10-7-6-8-11-16/h5-11H2,1-4H3,(H2,17,18,19,20). The van der Waals surface area contributed by atoms with E-state index in [1.54, 1.807) is 0 Å². The predicted octanol–water partition coefficient (Wildman–Crippen LogP) is 3.91. The molecule has 1 aromatic heterocycles. The highest BCUT2D eigenvalue weighted by Crippen LogP contribution is 2.32. The van der Waals surface area contributed by atoms with Crippen LogP contribution in [0.3, 0.4) is 0 Å². The van der Waals surface area contributed by atoms with Crippen molar-refractivity contribution < 1.29 is 0 Å². The molecule has 0 atom stereocenters. The van der Waals surface area contributed by atoms with Crippen LogP contribution in [0, 0.1) is 6.92 Å². The molecule has 0 spiro atoms. The molecule has 0 aliphatic heterocycles. The number of aromatic nitrogens is 2. The second kappa shape index (κ2) is 6.42. The minimum Gasteiger partial charge on any atom is -0.373 e. The molecule has 1 heterocycles. The van der Waals surface area contributed by atoms with E-state index >= 15 is 0 Å². The molecule has 4 heteroatoms. The molecule has 2 N–H and O–H groups in total. The fraction of sp³-hybridized carbons (Fsp3) is 0.750. The molecule has 1 aromatic rings. The number of anilines is 2. The summed E-state index contributed by atoms with van der Waals surface area (Å²) in [6.45, 7) is 6.58. The molecular weight excluding hydrogens is 248 g/mol. The predicted molar refractivity (Wildman–Crippen MR) is 85.4 cm³/mol. The van der Waals surface area contributed by atoms with Crippen LogP contribution in [-0.4, -0.2) is 22.6 Å². The smallest absolute Gasteiger partial charge is 0.135 e. The molecule has 0 bridgehead atoms. The summed E-state index contributed by atoms with van der Waals surface area (Å²) in [6.07, 6.45) is 8.46. The van der Waals surface area contributed by atoms with Crippen LogP contribution in [0.25, 0.3) is 0 Å². The molecule has 112 valence electrons. The van der Waals surface area contributed by atoms with Crippen molar-refractivity contribution in [2.45, 2.75) is 71.3 Å². The van der Waals surface area contributed by atoms with Gasteiger partial charge in [-0.2, -0.15) is 0 Å². The van der Waals surface area contributed by atoms with Gasteiger partial charge in [0.05, 0.1) is 0 Å². The van der Waals surface area contributed by atoms with Gasteiger partial charge in [-0.1, -0.05) is 26.2 Å². The Morgan fingerprint density at radius 2 is 1.75 bits per heavy atom. The molecule has 2 rings (SSSR count). The lowest BCUT2D eigenvalue weighted by molar-refractivity contribution is 0.348. The second-order valence-corrected chi connectivity index (χ2v) is 6.21. The van der Waals surface area contributed by atoms with Crippen LogP contribution in [0.15, 0.2) is 0 Å². The van der Waals surface area contributed by atoms with Gasteiger partial charge < -0.3 is 10.6 Å². The lowest BCUT2D eigenvalue weighted by Gasteiger charge is -2.35. The van der Waals surface area contributed by atoms with Crippen LogP contribution < -0.4 is 10.6 Å². The molecule has 1 aliphatic carbocycles. The van der Waals surface area contributed by atoms with Crippen molar-refractivity contribution in [3.8, 4) is 0 Å². The Hall–Kier alpha value is -1.32. The quantitative estimate of drug-likeness (QED) is 0.856. The van der Waals surface area contributed by atoms with Gasteiger partial charge in [0, 0.05) is 24.6 Å². The van der Waals surface area contributed by atoms with Gasteiger partial charge >= 0.3 is 0 Å². The first kappa shape index (κ1) is 15.1. The average molecular weight is 276 g/mol. The normalized spacial score (nSPS) is 17.8. The average Bonchev–Trinajstić information content (AvgIpc) is 2.43. The second-order valence-electron chi connectivity index (χ2n) is 6.21. The van der Waals surface area contributed by atoms with E-state index in [2.05, 4.69) is 36.4 Å². The van der Waals surface area contributed by atoms with Crippen LogP contribution >= 0.6 is 0 Å². The molecule has 0 unspecified atom stereocenters. The molecule has 0 amide bonds. The largest absolute Gasteiger partial charge is 0.373 e. The number of nitrogens with zero attached hydrogens (tertiary/aromatic N) is 2. The Bertz CT molecular complexity index is 450. The van der Waals surface area contributed by atoms with Crippen molar-refractivity contribution in [1.29, 1.82) is 0 Å². The first-order valence-electron chi connectivity index (χ1n) is 7.91. The van der Waals surface area contributed by atoms with Gasteiger partial charge in [0.15, 0.2) is 0 Å². The maximum atomic E-state index is 4.75. The van der Waals surface area contributed by atoms with E-state index in [-0.39, 0.29) is 5.54 Å². The third kappa shape index (κ3) is 3.41. The summed E-state index contributed by atoms with van der Waals surface area (Å²) in [4.78, 5) is 9.34. The van der Waals surface area contributed by atoms with E-state index in [4.69, 9.17) is 4.98 Å². The van der Waals surface area contributed by atoms with E-state index < -0.39 is 0 Å². The molecule has 0 aromatic carbocycles. The molecule has 1 saturated carbocycles. The summed E-state index contributed by atoms with van der Waals surface area (Å²) in [7, 11) is 1.93. The van der Waals surface area contributed by atoms with Gasteiger partial charge in [-0.15, -0.1) is 0 Å². The van der Waals surface area contributed by atoms with Gasteiger partial charge in [-0.25, -0.2) is 9.97 Å². The van der Waals surface area contributed by atoms with E-state index in [0.29, 0.717) is 0 Å². The zero-order valence-electron chi connectivity index (χ0n) is 13.3. The van der Waals surface area contributed by atoms with Crippen LogP contribution in [0.2, 0.25) is 0 Å². The number of rotatable bonds is 5. The highest BCUT2D eigenvalue weighted by atomic mass is 15.1. The zero-order valence-corrected chi connectivity index (χ0v) is 13.3. The van der Waals surface area contributed by atoms with Crippen LogP contribution in [0.1, 0.15) is 63.8 Å². The molecule has 1 fully saturated rings. The van der Waals surface area contributed by atoms with Crippen molar-refractivity contribution >= 4 is 11.6 Å².